The number of nitrogens with one attached hydrogen (secondary N) is 1. The number of fused-ring (bicyclic) bond motifs is 1. The number of thiazole rings is 1. The number of carbonyl (C=O) groups is 1. The summed E-state index contributed by atoms with van der Waals surface area (Å²) in [5, 5.41) is 8.76. The molecule has 33 heavy (non-hydrogen) atoms. The quantitative estimate of drug-likeness (QED) is 0.455. The fraction of sp³-hybridized carbons (Fsp3) is 0.320. The molecule has 2 aromatic carbocycles. The second-order valence-electron chi connectivity index (χ2n) is 8.43. The van der Waals surface area contributed by atoms with Crippen LogP contribution in [0.25, 0.3) is 16.0 Å². The second-order valence-corrected chi connectivity index (χ2v) is 9.41. The Balaban J connectivity index is 1.37. The van der Waals surface area contributed by atoms with Gasteiger partial charge in [0.25, 0.3) is 0 Å². The number of aromatic nitrogens is 3. The molecule has 0 saturated carbocycles. The van der Waals surface area contributed by atoms with Crippen LogP contribution in [0.4, 0.5) is 10.8 Å². The van der Waals surface area contributed by atoms with Gasteiger partial charge >= 0.3 is 0 Å². The van der Waals surface area contributed by atoms with Gasteiger partial charge in [0.15, 0.2) is 10.8 Å². The molecule has 2 aromatic heterocycles. The van der Waals surface area contributed by atoms with Crippen LogP contribution in [0.2, 0.25) is 0 Å². The van der Waals surface area contributed by atoms with Crippen LogP contribution < -0.4 is 15.0 Å². The van der Waals surface area contributed by atoms with Gasteiger partial charge < -0.3 is 15.0 Å². The van der Waals surface area contributed by atoms with E-state index in [-0.39, 0.29) is 11.8 Å². The zero-order chi connectivity index (χ0) is 22.9. The third-order valence-electron chi connectivity index (χ3n) is 6.16. The lowest BCUT2D eigenvalue weighted by Crippen LogP contribution is -2.40. The van der Waals surface area contributed by atoms with Crippen LogP contribution in [0.15, 0.2) is 48.5 Å². The van der Waals surface area contributed by atoms with Gasteiger partial charge in [0.05, 0.1) is 29.1 Å². The summed E-state index contributed by atoms with van der Waals surface area (Å²) in [5.74, 6) is 0.821. The molecule has 1 amide bonds. The summed E-state index contributed by atoms with van der Waals surface area (Å²) in [6.07, 6.45) is 1.85. The Bertz CT molecular complexity index is 1290. The van der Waals surface area contributed by atoms with Crippen LogP contribution in [0, 0.1) is 19.8 Å². The van der Waals surface area contributed by atoms with Crippen molar-refractivity contribution in [2.24, 2.45) is 5.92 Å². The first kappa shape index (κ1) is 21.5. The third kappa shape index (κ3) is 4.18. The number of hydrogen-bond acceptors (Lipinski definition) is 6. The molecule has 1 aliphatic rings. The van der Waals surface area contributed by atoms with Crippen LogP contribution in [-0.2, 0) is 4.79 Å². The number of hydrogen-bond donors (Lipinski definition) is 1. The van der Waals surface area contributed by atoms with Crippen LogP contribution in [-0.4, -0.2) is 40.9 Å². The van der Waals surface area contributed by atoms with Crippen molar-refractivity contribution >= 4 is 38.4 Å². The standard InChI is InChI=1S/C25H27N5O2S/c1-16-7-4-5-9-21(16)26-24(31)18-8-6-14-29(15-18)25-27-23-22(33-25)17(2)28-30(23)19-10-12-20(32-3)13-11-19/h4-5,7,9-13,18H,6,8,14-15H2,1-3H3,(H,26,31). The number of aryl methyl sites for hydroxylation is 2. The summed E-state index contributed by atoms with van der Waals surface area (Å²) in [6.45, 7) is 5.60. The topological polar surface area (TPSA) is 72.3 Å². The Morgan fingerprint density at radius 2 is 1.94 bits per heavy atom. The molecule has 0 radical (unpaired) electrons. The molecule has 1 atom stereocenters. The molecule has 0 aliphatic carbocycles. The molecule has 1 aliphatic heterocycles. The fourth-order valence-electron chi connectivity index (χ4n) is 4.27. The molecular weight excluding hydrogens is 434 g/mol. The minimum atomic E-state index is -0.0652. The lowest BCUT2D eigenvalue weighted by molar-refractivity contribution is -0.120. The molecule has 1 N–H and O–H groups in total. The maximum absolute atomic E-state index is 13.0. The van der Waals surface area contributed by atoms with Gasteiger partial charge in [-0.25, -0.2) is 4.68 Å². The molecule has 1 unspecified atom stereocenters. The number of amides is 1. The predicted octanol–water partition coefficient (Wildman–Crippen LogP) is 4.96. The van der Waals surface area contributed by atoms with Gasteiger partial charge in [0.1, 0.15) is 5.75 Å². The molecule has 0 bridgehead atoms. The van der Waals surface area contributed by atoms with Crippen molar-refractivity contribution in [2.45, 2.75) is 26.7 Å². The van der Waals surface area contributed by atoms with Crippen molar-refractivity contribution in [1.29, 1.82) is 0 Å². The monoisotopic (exact) mass is 461 g/mol. The fourth-order valence-corrected chi connectivity index (χ4v) is 5.30. The largest absolute Gasteiger partial charge is 0.497 e. The summed E-state index contributed by atoms with van der Waals surface area (Å²) >= 11 is 1.65. The van der Waals surface area contributed by atoms with Gasteiger partial charge in [-0.1, -0.05) is 29.5 Å². The minimum Gasteiger partial charge on any atom is -0.497 e. The number of carbonyl (C=O) groups excluding carboxylic acids is 1. The number of anilines is 2. The first-order valence-electron chi connectivity index (χ1n) is 11.2. The van der Waals surface area contributed by atoms with Gasteiger partial charge in [0.2, 0.25) is 5.91 Å². The number of benzene rings is 2. The van der Waals surface area contributed by atoms with E-state index in [0.717, 1.165) is 63.2 Å². The zero-order valence-corrected chi connectivity index (χ0v) is 19.9. The first-order chi connectivity index (χ1) is 16.0. The van der Waals surface area contributed by atoms with Crippen LogP contribution in [0.3, 0.4) is 0 Å². The highest BCUT2D eigenvalue weighted by Gasteiger charge is 2.28. The molecule has 4 aromatic rings. The molecule has 8 heteroatoms. The van der Waals surface area contributed by atoms with Gasteiger partial charge in [-0.05, 0) is 62.6 Å². The zero-order valence-electron chi connectivity index (χ0n) is 19.0. The van der Waals surface area contributed by atoms with E-state index in [2.05, 4.69) is 10.2 Å². The Morgan fingerprint density at radius 1 is 1.15 bits per heavy atom. The van der Waals surface area contributed by atoms with Crippen molar-refractivity contribution in [1.82, 2.24) is 14.8 Å². The second kappa shape index (κ2) is 8.86. The SMILES string of the molecule is COc1ccc(-n2nc(C)c3sc(N4CCCC(C(=O)Nc5ccccc5C)C4)nc32)cc1. The molecule has 5 rings (SSSR count). The minimum absolute atomic E-state index is 0.0652. The maximum Gasteiger partial charge on any atom is 0.229 e. The maximum atomic E-state index is 13.0. The Morgan fingerprint density at radius 3 is 2.70 bits per heavy atom. The van der Waals surface area contributed by atoms with Gasteiger partial charge in [-0.2, -0.15) is 10.1 Å². The van der Waals surface area contributed by atoms with Crippen molar-refractivity contribution in [2.75, 3.05) is 30.4 Å². The number of rotatable bonds is 5. The van der Waals surface area contributed by atoms with Gasteiger partial charge in [0, 0.05) is 18.8 Å². The van der Waals surface area contributed by atoms with E-state index >= 15 is 0 Å². The van der Waals surface area contributed by atoms with Crippen molar-refractivity contribution in [3.05, 3.63) is 59.8 Å². The average molecular weight is 462 g/mol. The van der Waals surface area contributed by atoms with E-state index in [4.69, 9.17) is 14.8 Å². The number of para-hydroxylation sites is 1. The number of nitrogens with zero attached hydrogens (tertiary/aromatic N) is 4. The normalized spacial score (nSPS) is 16.2. The van der Waals surface area contributed by atoms with E-state index in [1.165, 1.54) is 0 Å². The van der Waals surface area contributed by atoms with Crippen LogP contribution >= 0.6 is 11.3 Å². The van der Waals surface area contributed by atoms with Crippen molar-refractivity contribution in [3.63, 3.8) is 0 Å². The van der Waals surface area contributed by atoms with E-state index < -0.39 is 0 Å². The molecule has 3 heterocycles. The summed E-state index contributed by atoms with van der Waals surface area (Å²) < 4.78 is 8.23. The summed E-state index contributed by atoms with van der Waals surface area (Å²) in [6, 6.07) is 15.7. The Labute approximate surface area is 197 Å². The molecule has 1 saturated heterocycles. The van der Waals surface area contributed by atoms with Crippen LogP contribution in [0.5, 0.6) is 5.75 Å². The highest BCUT2D eigenvalue weighted by molar-refractivity contribution is 7.22. The highest BCUT2D eigenvalue weighted by atomic mass is 32.1. The van der Waals surface area contributed by atoms with Gasteiger partial charge in [-0.15, -0.1) is 0 Å². The Kier molecular flexibility index (Phi) is 5.76. The van der Waals surface area contributed by atoms with Crippen LogP contribution in [0.1, 0.15) is 24.1 Å². The van der Waals surface area contributed by atoms with E-state index in [1.807, 2.05) is 67.1 Å². The smallest absolute Gasteiger partial charge is 0.229 e. The summed E-state index contributed by atoms with van der Waals surface area (Å²) in [5.41, 5.74) is 4.71. The first-order valence-corrected chi connectivity index (χ1v) is 12.0. The van der Waals surface area contributed by atoms with E-state index in [1.54, 1.807) is 18.4 Å². The molecule has 0 spiro atoms. The average Bonchev–Trinajstić information content (AvgIpc) is 3.41. The number of methoxy groups -OCH3 is 1. The molecular formula is C25H27N5O2S. The molecule has 7 nitrogen and oxygen atoms in total. The Hall–Kier alpha value is -3.39. The summed E-state index contributed by atoms with van der Waals surface area (Å²) in [4.78, 5) is 20.2. The summed E-state index contributed by atoms with van der Waals surface area (Å²) in [7, 11) is 1.66. The lowest BCUT2D eigenvalue weighted by atomic mass is 9.97. The number of ether oxygens (including phenoxy) is 1. The molecule has 170 valence electrons. The van der Waals surface area contributed by atoms with Gasteiger partial charge in [-0.3, -0.25) is 4.79 Å². The highest BCUT2D eigenvalue weighted by Crippen LogP contribution is 2.35. The lowest BCUT2D eigenvalue weighted by Gasteiger charge is -2.31. The predicted molar refractivity (Wildman–Crippen MR) is 133 cm³/mol. The third-order valence-corrected chi connectivity index (χ3v) is 7.37. The van der Waals surface area contributed by atoms with E-state index in [0.29, 0.717) is 6.54 Å². The molecule has 1 fully saturated rings. The number of piperidine rings is 1. The van der Waals surface area contributed by atoms with Crippen molar-refractivity contribution < 1.29 is 9.53 Å². The van der Waals surface area contributed by atoms with E-state index in [9.17, 15) is 4.79 Å². The van der Waals surface area contributed by atoms with Crippen molar-refractivity contribution in [3.8, 4) is 11.4 Å².